The molecule has 0 bridgehead atoms. The van der Waals surface area contributed by atoms with E-state index in [1.165, 1.54) is 132 Å². The summed E-state index contributed by atoms with van der Waals surface area (Å²) in [6, 6.07) is 131. The number of hydrogen-bond donors (Lipinski definition) is 0. The van der Waals surface area contributed by atoms with Gasteiger partial charge in [0, 0.05) is 44.4 Å². The highest BCUT2D eigenvalue weighted by Crippen LogP contribution is 2.69. The average Bonchev–Trinajstić information content (AvgIpc) is 1.49. The van der Waals surface area contributed by atoms with Gasteiger partial charge in [-0.2, -0.15) is 0 Å². The third kappa shape index (κ3) is 8.50. The second-order valence-electron chi connectivity index (χ2n) is 25.7. The van der Waals surface area contributed by atoms with E-state index in [-0.39, 0.29) is 0 Å². The first-order valence-electron chi connectivity index (χ1n) is 32.8. The molecule has 442 valence electrons. The first-order chi connectivity index (χ1) is 46.4. The van der Waals surface area contributed by atoms with Crippen LogP contribution in [0.15, 0.2) is 352 Å². The Balaban J connectivity index is 0.931. The largest absolute Gasteiger partial charge is 0.310 e. The van der Waals surface area contributed by atoms with Gasteiger partial charge in [-0.05, 0) is 182 Å². The second-order valence-corrected chi connectivity index (χ2v) is 25.7. The van der Waals surface area contributed by atoms with Crippen LogP contribution >= 0.6 is 0 Å². The number of benzene rings is 16. The molecule has 2 aliphatic rings. The second kappa shape index (κ2) is 21.9. The summed E-state index contributed by atoms with van der Waals surface area (Å²) in [6.45, 7) is 5.20. The van der Waals surface area contributed by atoms with E-state index in [1.807, 2.05) is 0 Å². The number of nitrogens with zero attached hydrogens (tertiary/aromatic N) is 2. The number of rotatable bonds is 11. The van der Waals surface area contributed by atoms with Crippen LogP contribution in [0, 0.1) is 0 Å². The molecule has 2 aliphatic carbocycles. The van der Waals surface area contributed by atoms with Crippen molar-refractivity contribution < 1.29 is 0 Å². The van der Waals surface area contributed by atoms with Gasteiger partial charge in [0.15, 0.2) is 0 Å². The summed E-state index contributed by atoms with van der Waals surface area (Å²) in [5.41, 5.74) is 25.1. The normalized spacial score (nSPS) is 15.2. The summed E-state index contributed by atoms with van der Waals surface area (Å²) < 4.78 is 0. The highest BCUT2D eigenvalue weighted by Gasteiger charge is 2.59. The predicted molar refractivity (Wildman–Crippen MR) is 398 cm³/mol. The lowest BCUT2D eigenvalue weighted by Crippen LogP contribution is -2.44. The minimum atomic E-state index is -0.706. The maximum absolute atomic E-state index is 2.61. The van der Waals surface area contributed by atoms with E-state index >= 15 is 0 Å². The Labute approximate surface area is 549 Å². The molecular weight excluding hydrogens is 1130 g/mol. The smallest absolute Gasteiger partial charge is 0.0543 e. The molecule has 0 spiro atoms. The van der Waals surface area contributed by atoms with Crippen LogP contribution in [0.3, 0.4) is 0 Å². The molecule has 18 rings (SSSR count). The molecule has 0 radical (unpaired) electrons. The van der Waals surface area contributed by atoms with Gasteiger partial charge in [-0.3, -0.25) is 0 Å². The zero-order chi connectivity index (χ0) is 62.5. The summed E-state index contributed by atoms with van der Waals surface area (Å²) in [7, 11) is 0. The lowest BCUT2D eigenvalue weighted by atomic mass is 9.56. The molecule has 0 heterocycles. The van der Waals surface area contributed by atoms with E-state index in [9.17, 15) is 0 Å². The molecule has 2 unspecified atom stereocenters. The van der Waals surface area contributed by atoms with E-state index in [2.05, 4.69) is 375 Å². The molecular formula is C92H64N2. The van der Waals surface area contributed by atoms with Gasteiger partial charge in [-0.15, -0.1) is 0 Å². The van der Waals surface area contributed by atoms with Crippen LogP contribution in [0.25, 0.3) is 110 Å². The van der Waals surface area contributed by atoms with E-state index in [1.54, 1.807) is 0 Å². The minimum Gasteiger partial charge on any atom is -0.310 e. The van der Waals surface area contributed by atoms with Gasteiger partial charge in [-0.25, -0.2) is 0 Å². The monoisotopic (exact) mass is 1200 g/mol. The lowest BCUT2D eigenvalue weighted by Gasteiger charge is -2.46. The van der Waals surface area contributed by atoms with Gasteiger partial charge in [0.25, 0.3) is 0 Å². The van der Waals surface area contributed by atoms with Crippen molar-refractivity contribution in [1.29, 1.82) is 0 Å². The molecule has 0 fully saturated rings. The summed E-state index contributed by atoms with van der Waals surface area (Å²) >= 11 is 0. The van der Waals surface area contributed by atoms with Gasteiger partial charge in [0.1, 0.15) is 0 Å². The molecule has 0 aromatic heterocycles. The van der Waals surface area contributed by atoms with Gasteiger partial charge >= 0.3 is 0 Å². The zero-order valence-corrected chi connectivity index (χ0v) is 52.4. The van der Waals surface area contributed by atoms with E-state index in [4.69, 9.17) is 0 Å². The van der Waals surface area contributed by atoms with E-state index in [0.717, 1.165) is 34.1 Å². The van der Waals surface area contributed by atoms with Crippen molar-refractivity contribution in [1.82, 2.24) is 0 Å². The maximum atomic E-state index is 2.61. The summed E-state index contributed by atoms with van der Waals surface area (Å²) in [6.07, 6.45) is 0. The van der Waals surface area contributed by atoms with Crippen molar-refractivity contribution >= 4 is 77.2 Å². The average molecular weight is 1200 g/mol. The van der Waals surface area contributed by atoms with Crippen LogP contribution in [-0.2, 0) is 10.8 Å². The van der Waals surface area contributed by atoms with Gasteiger partial charge in [0.05, 0.1) is 11.4 Å². The number of hydrogen-bond acceptors (Lipinski definition) is 2. The van der Waals surface area contributed by atoms with Gasteiger partial charge < -0.3 is 9.80 Å². The highest BCUT2D eigenvalue weighted by atomic mass is 15.2. The van der Waals surface area contributed by atoms with Gasteiger partial charge in [-0.1, -0.05) is 305 Å². The first-order valence-corrected chi connectivity index (χ1v) is 32.8. The molecule has 94 heavy (non-hydrogen) atoms. The van der Waals surface area contributed by atoms with Crippen LogP contribution in [0.2, 0.25) is 0 Å². The third-order valence-corrected chi connectivity index (χ3v) is 21.0. The molecule has 0 saturated heterocycles. The standard InChI is InChI=1S/C92H64N2/c1-91(81-57-47-69-31-15-17-33-75(69)87(81)89-79-37-21-19-35-77(79)85(59-83(89)91)93(71-49-39-65(40-50-71)61-23-7-3-8-24-61)72-51-41-66(42-52-72)62-25-9-4-10-26-62)92(2)82-58-48-70-32-16-18-34-76(70)88(82)90-80-38-22-20-36-78(80)86(60-84(90)92)94(73-53-43-67(44-54-73)63-27-11-5-12-28-63)74-55-45-68(46-56-74)64-29-13-6-14-30-64/h3-60H,1-2H3. The SMILES string of the molecule is CC1(C2(C)c3ccc4ccccc4c3-c3c2cc(N(c2ccc(-c4ccccc4)cc2)c2ccc(-c4ccccc4)cc2)c2ccccc32)c2ccc3ccccc3c2-c2c1cc(N(c1ccc(-c3ccccc3)cc1)c1ccc(-c3ccccc3)cc1)c1ccccc21. The Morgan fingerprint density at radius 2 is 0.426 bits per heavy atom. The Kier molecular flexibility index (Phi) is 12.8. The third-order valence-electron chi connectivity index (χ3n) is 21.0. The summed E-state index contributed by atoms with van der Waals surface area (Å²) in [5, 5.41) is 9.81. The lowest BCUT2D eigenvalue weighted by molar-refractivity contribution is 0.376. The summed E-state index contributed by atoms with van der Waals surface area (Å²) in [5.74, 6) is 0. The first kappa shape index (κ1) is 55.0. The Morgan fingerprint density at radius 1 is 0.191 bits per heavy atom. The van der Waals surface area contributed by atoms with Crippen LogP contribution < -0.4 is 9.80 Å². The summed E-state index contributed by atoms with van der Waals surface area (Å²) in [4.78, 5) is 5.05. The molecule has 0 saturated carbocycles. The topological polar surface area (TPSA) is 6.48 Å². The predicted octanol–water partition coefficient (Wildman–Crippen LogP) is 25.2. The Hall–Kier alpha value is -11.8. The van der Waals surface area contributed by atoms with E-state index < -0.39 is 10.8 Å². The van der Waals surface area contributed by atoms with Crippen molar-refractivity contribution in [3.05, 3.63) is 374 Å². The van der Waals surface area contributed by atoms with Crippen molar-refractivity contribution in [3.8, 4) is 66.8 Å². The number of fused-ring (bicyclic) bond motifs is 14. The molecule has 2 nitrogen and oxygen atoms in total. The molecule has 2 heteroatoms. The molecule has 0 N–H and O–H groups in total. The van der Waals surface area contributed by atoms with Crippen molar-refractivity contribution in [3.63, 3.8) is 0 Å². The molecule has 0 amide bonds. The molecule has 0 aliphatic heterocycles. The molecule has 16 aromatic carbocycles. The minimum absolute atomic E-state index is 0.706. The quantitative estimate of drug-likeness (QED) is 0.127. The molecule has 2 atom stereocenters. The maximum Gasteiger partial charge on any atom is 0.0543 e. The fourth-order valence-electron chi connectivity index (χ4n) is 16.3. The Morgan fingerprint density at radius 3 is 0.723 bits per heavy atom. The van der Waals surface area contributed by atoms with Crippen LogP contribution in [0.4, 0.5) is 34.1 Å². The van der Waals surface area contributed by atoms with Gasteiger partial charge in [0.2, 0.25) is 0 Å². The number of anilines is 6. The van der Waals surface area contributed by atoms with E-state index in [0.29, 0.717) is 0 Å². The Bertz CT molecular complexity index is 5070. The van der Waals surface area contributed by atoms with Crippen LogP contribution in [0.1, 0.15) is 36.1 Å². The van der Waals surface area contributed by atoms with Crippen LogP contribution in [0.5, 0.6) is 0 Å². The van der Waals surface area contributed by atoms with Crippen LogP contribution in [-0.4, -0.2) is 0 Å². The molecule has 16 aromatic rings. The zero-order valence-electron chi connectivity index (χ0n) is 52.4. The highest BCUT2D eigenvalue weighted by molar-refractivity contribution is 6.18. The van der Waals surface area contributed by atoms with Crippen molar-refractivity contribution in [2.75, 3.05) is 9.80 Å². The van der Waals surface area contributed by atoms with Crippen molar-refractivity contribution in [2.45, 2.75) is 24.7 Å². The van der Waals surface area contributed by atoms with Crippen molar-refractivity contribution in [2.24, 2.45) is 0 Å². The fraction of sp³-hybridized carbons (Fsp3) is 0.0435. The fourth-order valence-corrected chi connectivity index (χ4v) is 16.3.